The maximum Gasteiger partial charge on any atom is 2.00 e. The average molecular weight is 169 g/mol. The quantitative estimate of drug-likeness (QED) is 0.330. The van der Waals surface area contributed by atoms with Gasteiger partial charge in [0.2, 0.25) is 0 Å². The van der Waals surface area contributed by atoms with Gasteiger partial charge in [0.15, 0.2) is 0 Å². The predicted octanol–water partition coefficient (Wildman–Crippen LogP) is -5.78. The Labute approximate surface area is 86.1 Å². The first kappa shape index (κ1) is 23.6. The third-order valence-corrected chi connectivity index (χ3v) is 0. The van der Waals surface area contributed by atoms with Crippen LogP contribution >= 0.6 is 0 Å². The molecule has 0 aliphatic heterocycles. The molecule has 0 fully saturated rings. The third kappa shape index (κ3) is 100. The van der Waals surface area contributed by atoms with Gasteiger partial charge in [-0.3, -0.25) is 0 Å². The van der Waals surface area contributed by atoms with E-state index in [9.17, 15) is 4.79 Å². The number of hydrogen-bond acceptors (Lipinski definition) is 1. The van der Waals surface area contributed by atoms with Gasteiger partial charge in [-0.05, 0) is 13.8 Å². The van der Waals surface area contributed by atoms with Crippen molar-refractivity contribution in [3.8, 4) is 0 Å². The molecule has 0 radical (unpaired) electrons. The van der Waals surface area contributed by atoms with Crippen molar-refractivity contribution in [2.75, 3.05) is 0 Å². The second-order valence-corrected chi connectivity index (χ2v) is 0.908. The number of carbonyl (C=O) groups excluding carboxylic acids is 1. The van der Waals surface area contributed by atoms with Gasteiger partial charge in [-0.2, -0.15) is 0 Å². The smallest absolute Gasteiger partial charge is 1.00 e. The molecule has 0 N–H and O–H groups in total. The van der Waals surface area contributed by atoms with E-state index in [4.69, 9.17) is 0 Å². The van der Waals surface area contributed by atoms with E-state index in [1.807, 2.05) is 0 Å². The minimum Gasteiger partial charge on any atom is -1.00 e. The summed E-state index contributed by atoms with van der Waals surface area (Å²) in [6.45, 7) is 3.06. The van der Waals surface area contributed by atoms with Gasteiger partial charge < -0.3 is 29.6 Å². The Balaban J connectivity index is -0.0000000150. The summed E-state index contributed by atoms with van der Waals surface area (Å²) in [6, 6.07) is 0. The van der Waals surface area contributed by atoms with Gasteiger partial charge in [0.1, 0.15) is 5.78 Å². The van der Waals surface area contributed by atoms with E-state index < -0.39 is 0 Å². The summed E-state index contributed by atoms with van der Waals surface area (Å²) in [5.41, 5.74) is 0. The summed E-state index contributed by atoms with van der Waals surface area (Å²) in [7, 11) is 0. The summed E-state index contributed by atoms with van der Waals surface area (Å²) in [5.74, 6) is 0.167. The zero-order valence-corrected chi connectivity index (χ0v) is 8.09. The Morgan fingerprint density at radius 1 is 1.14 bits per heavy atom. The Hall–Kier alpha value is 1.51. The van der Waals surface area contributed by atoms with Crippen molar-refractivity contribution in [3.63, 3.8) is 0 Å². The molecule has 0 rings (SSSR count). The SMILES string of the molecule is CC(C)=O.[Ca+2].[Cl-].[Cl-]. The molecule has 0 spiro atoms. The molecule has 0 heterocycles. The molecule has 0 aromatic heterocycles. The number of ketones is 1. The van der Waals surface area contributed by atoms with Crippen LogP contribution < -0.4 is 24.8 Å². The molecule has 4 heteroatoms. The van der Waals surface area contributed by atoms with Crippen molar-refractivity contribution in [1.29, 1.82) is 0 Å². The van der Waals surface area contributed by atoms with E-state index in [1.54, 1.807) is 0 Å². The molecule has 0 atom stereocenters. The van der Waals surface area contributed by atoms with Crippen molar-refractivity contribution >= 4 is 43.5 Å². The van der Waals surface area contributed by atoms with Crippen molar-refractivity contribution in [2.45, 2.75) is 13.8 Å². The molecule has 40 valence electrons. The van der Waals surface area contributed by atoms with Gasteiger partial charge in [-0.15, -0.1) is 0 Å². The zero-order valence-electron chi connectivity index (χ0n) is 4.37. The molecule has 0 aromatic rings. The van der Waals surface area contributed by atoms with Crippen LogP contribution in [0.25, 0.3) is 0 Å². The van der Waals surface area contributed by atoms with Gasteiger partial charge in [-0.25, -0.2) is 0 Å². The normalized spacial score (nSPS) is 3.71. The second kappa shape index (κ2) is 15.6. The van der Waals surface area contributed by atoms with E-state index in [0.29, 0.717) is 0 Å². The maximum absolute atomic E-state index is 9.44. The third-order valence-electron chi connectivity index (χ3n) is 0. The zero-order chi connectivity index (χ0) is 3.58. The first-order valence-corrected chi connectivity index (χ1v) is 1.20. The number of hydrogen-bond donors (Lipinski definition) is 0. The Morgan fingerprint density at radius 3 is 1.14 bits per heavy atom. The fourth-order valence-electron chi connectivity index (χ4n) is 0. The molecule has 1 nitrogen and oxygen atoms in total. The standard InChI is InChI=1S/C3H6O.Ca.2ClH/c1-3(2)4;;;/h1-2H3;;2*1H/q;+2;;/p-2. The fourth-order valence-corrected chi connectivity index (χ4v) is 0. The van der Waals surface area contributed by atoms with Gasteiger partial charge in [0.25, 0.3) is 0 Å². The molecule has 0 amide bonds. The van der Waals surface area contributed by atoms with Crippen molar-refractivity contribution in [2.24, 2.45) is 0 Å². The predicted molar refractivity (Wildman–Crippen MR) is 22.1 cm³/mol. The number of carbonyl (C=O) groups is 1. The monoisotopic (exact) mass is 168 g/mol. The summed E-state index contributed by atoms with van der Waals surface area (Å²) >= 11 is 0. The van der Waals surface area contributed by atoms with Crippen LogP contribution in [0, 0.1) is 0 Å². The maximum atomic E-state index is 9.44. The second-order valence-electron chi connectivity index (χ2n) is 0.908. The topological polar surface area (TPSA) is 17.1 Å². The van der Waals surface area contributed by atoms with Crippen molar-refractivity contribution < 1.29 is 29.6 Å². The fraction of sp³-hybridized carbons (Fsp3) is 0.667. The molecule has 0 aliphatic rings. The summed E-state index contributed by atoms with van der Waals surface area (Å²) in [6.07, 6.45) is 0. The van der Waals surface area contributed by atoms with Gasteiger partial charge in [0, 0.05) is 0 Å². The Kier molecular flexibility index (Phi) is 52.7. The van der Waals surface area contributed by atoms with Crippen LogP contribution in [0.4, 0.5) is 0 Å². The number of rotatable bonds is 0. The summed E-state index contributed by atoms with van der Waals surface area (Å²) in [5, 5.41) is 0. The van der Waals surface area contributed by atoms with Gasteiger partial charge >= 0.3 is 37.7 Å². The van der Waals surface area contributed by atoms with Gasteiger partial charge in [0.05, 0.1) is 0 Å². The molecule has 0 bridgehead atoms. The van der Waals surface area contributed by atoms with E-state index in [2.05, 4.69) is 0 Å². The van der Waals surface area contributed by atoms with Crippen LogP contribution in [0.15, 0.2) is 0 Å². The molecular weight excluding hydrogens is 163 g/mol. The van der Waals surface area contributed by atoms with Crippen molar-refractivity contribution in [3.05, 3.63) is 0 Å². The van der Waals surface area contributed by atoms with Crippen LogP contribution in [0.5, 0.6) is 0 Å². The molecule has 0 aliphatic carbocycles. The molecule has 0 unspecified atom stereocenters. The average Bonchev–Trinajstić information content (AvgIpc) is 0.811. The van der Waals surface area contributed by atoms with Crippen LogP contribution in [0.3, 0.4) is 0 Å². The number of Topliss-reactive ketones (excluding diaryl/α,β-unsaturated/α-hetero) is 1. The van der Waals surface area contributed by atoms with Crippen LogP contribution in [-0.4, -0.2) is 43.5 Å². The first-order chi connectivity index (χ1) is 1.73. The minimum atomic E-state index is 0. The molecule has 0 saturated carbocycles. The van der Waals surface area contributed by atoms with Gasteiger partial charge in [-0.1, -0.05) is 0 Å². The first-order valence-electron chi connectivity index (χ1n) is 1.20. The minimum absolute atomic E-state index is 0. The molecule has 7 heavy (non-hydrogen) atoms. The van der Waals surface area contributed by atoms with E-state index >= 15 is 0 Å². The Morgan fingerprint density at radius 2 is 1.14 bits per heavy atom. The largest absolute Gasteiger partial charge is 2.00 e. The molecule has 0 saturated heterocycles. The van der Waals surface area contributed by atoms with Crippen molar-refractivity contribution in [1.82, 2.24) is 0 Å². The van der Waals surface area contributed by atoms with Crippen LogP contribution in [-0.2, 0) is 4.79 Å². The van der Waals surface area contributed by atoms with E-state index in [0.717, 1.165) is 0 Å². The summed E-state index contributed by atoms with van der Waals surface area (Å²) < 4.78 is 0. The van der Waals surface area contributed by atoms with Crippen LogP contribution in [0.1, 0.15) is 13.8 Å². The summed E-state index contributed by atoms with van der Waals surface area (Å²) in [4.78, 5) is 9.44. The van der Waals surface area contributed by atoms with E-state index in [1.165, 1.54) is 13.8 Å². The van der Waals surface area contributed by atoms with E-state index in [-0.39, 0.29) is 68.3 Å². The number of halogens is 2. The molecular formula is C3H6CaCl2O. The molecule has 0 aromatic carbocycles. The van der Waals surface area contributed by atoms with Crippen LogP contribution in [0.2, 0.25) is 0 Å². The Bertz CT molecular complexity index is 35.9.